The van der Waals surface area contributed by atoms with E-state index in [1.165, 1.54) is 15.3 Å². The van der Waals surface area contributed by atoms with E-state index in [2.05, 4.69) is 17.5 Å². The number of fused-ring (bicyclic) bond motifs is 1. The van der Waals surface area contributed by atoms with Crippen LogP contribution < -0.4 is 4.87 Å². The third kappa shape index (κ3) is 2.66. The molecule has 0 fully saturated rings. The molecule has 7 heteroatoms. The number of thiophene rings is 2. The Bertz CT molecular complexity index is 920. The van der Waals surface area contributed by atoms with Crippen molar-refractivity contribution in [2.45, 2.75) is 25.9 Å². The smallest absolute Gasteiger partial charge is 0.307 e. The number of hydrogen-bond acceptors (Lipinski definition) is 5. The van der Waals surface area contributed by atoms with Crippen LogP contribution in [0.2, 0.25) is 0 Å². The molecule has 0 aromatic carbocycles. The Morgan fingerprint density at radius 1 is 1.25 bits per heavy atom. The molecule has 0 N–H and O–H groups in total. The van der Waals surface area contributed by atoms with Crippen molar-refractivity contribution in [3.63, 3.8) is 0 Å². The molecule has 0 spiro atoms. The molecule has 0 bridgehead atoms. The minimum Gasteiger partial charge on any atom is -0.329 e. The van der Waals surface area contributed by atoms with Crippen LogP contribution >= 0.6 is 34.0 Å². The molecule has 1 aliphatic heterocycles. The lowest BCUT2D eigenvalue weighted by molar-refractivity contribution is -0.133. The topological polar surface area (TPSA) is 42.3 Å². The fraction of sp³-hybridized carbons (Fsp3) is 0.294. The van der Waals surface area contributed by atoms with Gasteiger partial charge in [0.15, 0.2) is 0 Å². The zero-order chi connectivity index (χ0) is 16.7. The first-order chi connectivity index (χ1) is 11.6. The monoisotopic (exact) mass is 376 g/mol. The predicted octanol–water partition coefficient (Wildman–Crippen LogP) is 3.52. The Hall–Kier alpha value is -1.70. The van der Waals surface area contributed by atoms with Gasteiger partial charge in [-0.25, -0.2) is 0 Å². The normalized spacial score (nSPS) is 17.0. The van der Waals surface area contributed by atoms with E-state index in [-0.39, 0.29) is 23.4 Å². The summed E-state index contributed by atoms with van der Waals surface area (Å²) in [4.78, 5) is 29.3. The molecule has 0 radical (unpaired) electrons. The van der Waals surface area contributed by atoms with E-state index < -0.39 is 0 Å². The number of aryl methyl sites for hydroxylation is 1. The number of thiazole rings is 1. The van der Waals surface area contributed by atoms with Gasteiger partial charge < -0.3 is 4.90 Å². The van der Waals surface area contributed by atoms with Crippen LogP contribution in [0.25, 0.3) is 0 Å². The van der Waals surface area contributed by atoms with E-state index in [0.29, 0.717) is 6.54 Å². The highest BCUT2D eigenvalue weighted by atomic mass is 32.1. The Labute approximate surface area is 151 Å². The second kappa shape index (κ2) is 6.31. The molecule has 1 aliphatic rings. The first kappa shape index (κ1) is 15.8. The summed E-state index contributed by atoms with van der Waals surface area (Å²) >= 11 is 4.59. The van der Waals surface area contributed by atoms with Crippen LogP contribution in [0.3, 0.4) is 0 Å². The van der Waals surface area contributed by atoms with E-state index in [0.717, 1.165) is 23.5 Å². The Kier molecular flexibility index (Phi) is 4.15. The van der Waals surface area contributed by atoms with Crippen molar-refractivity contribution in [2.75, 3.05) is 6.54 Å². The summed E-state index contributed by atoms with van der Waals surface area (Å²) in [7, 11) is 0. The van der Waals surface area contributed by atoms with Crippen molar-refractivity contribution in [1.82, 2.24) is 9.47 Å². The number of hydrogen-bond donors (Lipinski definition) is 0. The SMILES string of the molecule is Cc1csc(=O)n1CC(=O)N1CCc2sccc2C1c1cccs1. The quantitative estimate of drug-likeness (QED) is 0.702. The van der Waals surface area contributed by atoms with Gasteiger partial charge in [0.25, 0.3) is 0 Å². The maximum Gasteiger partial charge on any atom is 0.307 e. The van der Waals surface area contributed by atoms with E-state index in [1.807, 2.05) is 23.3 Å². The summed E-state index contributed by atoms with van der Waals surface area (Å²) in [6.07, 6.45) is 0.887. The predicted molar refractivity (Wildman–Crippen MR) is 99.2 cm³/mol. The summed E-state index contributed by atoms with van der Waals surface area (Å²) in [5.74, 6) is 0.00819. The van der Waals surface area contributed by atoms with E-state index in [4.69, 9.17) is 0 Å². The third-order valence-electron chi connectivity index (χ3n) is 4.37. The van der Waals surface area contributed by atoms with Crippen molar-refractivity contribution >= 4 is 39.9 Å². The van der Waals surface area contributed by atoms with Gasteiger partial charge in [0.05, 0.1) is 6.04 Å². The molecule has 1 unspecified atom stereocenters. The van der Waals surface area contributed by atoms with Crippen LogP contribution in [-0.4, -0.2) is 21.9 Å². The summed E-state index contributed by atoms with van der Waals surface area (Å²) in [6.45, 7) is 2.69. The summed E-state index contributed by atoms with van der Waals surface area (Å²) in [5, 5.41) is 5.96. The molecular formula is C17H16N2O2S3. The molecular weight excluding hydrogens is 360 g/mol. The molecule has 1 atom stereocenters. The van der Waals surface area contributed by atoms with Gasteiger partial charge in [-0.15, -0.1) is 22.7 Å². The van der Waals surface area contributed by atoms with E-state index >= 15 is 0 Å². The molecule has 1 amide bonds. The number of carbonyl (C=O) groups is 1. The molecule has 4 nitrogen and oxygen atoms in total. The van der Waals surface area contributed by atoms with Crippen LogP contribution in [0, 0.1) is 6.92 Å². The van der Waals surface area contributed by atoms with Crippen LogP contribution in [0.1, 0.15) is 27.1 Å². The highest BCUT2D eigenvalue weighted by Gasteiger charge is 2.33. The van der Waals surface area contributed by atoms with Crippen LogP contribution in [0.4, 0.5) is 0 Å². The number of carbonyl (C=O) groups excluding carboxylic acids is 1. The molecule has 4 rings (SSSR count). The summed E-state index contributed by atoms with van der Waals surface area (Å²) in [6, 6.07) is 6.22. The van der Waals surface area contributed by atoms with Crippen molar-refractivity contribution in [1.29, 1.82) is 0 Å². The van der Waals surface area contributed by atoms with Crippen molar-refractivity contribution in [3.8, 4) is 0 Å². The van der Waals surface area contributed by atoms with Crippen LogP contribution in [0.5, 0.6) is 0 Å². The number of rotatable bonds is 3. The molecule has 3 aromatic rings. The molecule has 4 heterocycles. The Morgan fingerprint density at radius 2 is 2.12 bits per heavy atom. The van der Waals surface area contributed by atoms with Gasteiger partial charge in [0.2, 0.25) is 5.91 Å². The zero-order valence-corrected chi connectivity index (χ0v) is 15.5. The number of nitrogens with zero attached hydrogens (tertiary/aromatic N) is 2. The van der Waals surface area contributed by atoms with Gasteiger partial charge in [-0.1, -0.05) is 17.4 Å². The van der Waals surface area contributed by atoms with Crippen LogP contribution in [-0.2, 0) is 17.8 Å². The van der Waals surface area contributed by atoms with Gasteiger partial charge in [-0.05, 0) is 41.8 Å². The molecule has 0 saturated carbocycles. The minimum absolute atomic E-state index is 0.00819. The lowest BCUT2D eigenvalue weighted by Crippen LogP contribution is -2.42. The fourth-order valence-corrected chi connectivity index (χ4v) is 5.65. The molecule has 0 aliphatic carbocycles. The summed E-state index contributed by atoms with van der Waals surface area (Å²) in [5.41, 5.74) is 2.08. The average molecular weight is 377 g/mol. The second-order valence-corrected chi connectivity index (χ2v) is 8.58. The van der Waals surface area contributed by atoms with Crippen molar-refractivity contribution in [3.05, 3.63) is 65.0 Å². The van der Waals surface area contributed by atoms with E-state index in [9.17, 15) is 9.59 Å². The highest BCUT2D eigenvalue weighted by Crippen LogP contribution is 2.39. The fourth-order valence-electron chi connectivity index (χ4n) is 3.16. The number of amides is 1. The average Bonchev–Trinajstić information content (AvgIpc) is 3.31. The summed E-state index contributed by atoms with van der Waals surface area (Å²) < 4.78 is 1.57. The van der Waals surface area contributed by atoms with Gasteiger partial charge in [0.1, 0.15) is 6.54 Å². The second-order valence-electron chi connectivity index (χ2n) is 5.78. The van der Waals surface area contributed by atoms with Crippen LogP contribution in [0.15, 0.2) is 39.1 Å². The molecule has 3 aromatic heterocycles. The largest absolute Gasteiger partial charge is 0.329 e. The molecule has 124 valence electrons. The lowest BCUT2D eigenvalue weighted by atomic mass is 9.98. The van der Waals surface area contributed by atoms with Crippen molar-refractivity contribution < 1.29 is 4.79 Å². The lowest BCUT2D eigenvalue weighted by Gasteiger charge is -2.35. The molecule has 24 heavy (non-hydrogen) atoms. The zero-order valence-electron chi connectivity index (χ0n) is 13.1. The van der Waals surface area contributed by atoms with Gasteiger partial charge in [-0.3, -0.25) is 14.2 Å². The van der Waals surface area contributed by atoms with Gasteiger partial charge >= 0.3 is 4.87 Å². The third-order valence-corrected chi connectivity index (χ3v) is 7.17. The van der Waals surface area contributed by atoms with Gasteiger partial charge in [-0.2, -0.15) is 0 Å². The van der Waals surface area contributed by atoms with Crippen molar-refractivity contribution in [2.24, 2.45) is 0 Å². The minimum atomic E-state index is -0.0678. The molecule has 0 saturated heterocycles. The van der Waals surface area contributed by atoms with Gasteiger partial charge in [0, 0.05) is 27.4 Å². The van der Waals surface area contributed by atoms with E-state index in [1.54, 1.807) is 32.6 Å². The maximum absolute atomic E-state index is 13.0. The standard InChI is InChI=1S/C17H16N2O2S3/c1-11-10-24-17(21)19(11)9-15(20)18-6-4-13-12(5-8-23-13)16(18)14-3-2-7-22-14/h2-3,5,7-8,10,16H,4,6,9H2,1H3. The highest BCUT2D eigenvalue weighted by molar-refractivity contribution is 7.10. The Morgan fingerprint density at radius 3 is 2.83 bits per heavy atom. The Balaban J connectivity index is 1.69. The first-order valence-corrected chi connectivity index (χ1v) is 10.3. The maximum atomic E-state index is 13.0. The first-order valence-electron chi connectivity index (χ1n) is 7.69. The number of aromatic nitrogens is 1.